The van der Waals surface area contributed by atoms with Gasteiger partial charge in [-0.3, -0.25) is 14.5 Å². The van der Waals surface area contributed by atoms with Gasteiger partial charge in [-0.1, -0.05) is 24.3 Å². The summed E-state index contributed by atoms with van der Waals surface area (Å²) in [6.07, 6.45) is 2.69. The highest BCUT2D eigenvalue weighted by molar-refractivity contribution is 7.17. The Morgan fingerprint density at radius 1 is 0.975 bits per heavy atom. The van der Waals surface area contributed by atoms with Crippen LogP contribution in [-0.2, 0) is 22.5 Å². The maximum Gasteiger partial charge on any atom is 0.261 e. The zero-order chi connectivity index (χ0) is 27.7. The highest BCUT2D eigenvalue weighted by Gasteiger charge is 2.13. The van der Waals surface area contributed by atoms with Gasteiger partial charge in [-0.15, -0.1) is 11.3 Å². The van der Waals surface area contributed by atoms with Gasteiger partial charge in [0.1, 0.15) is 0 Å². The van der Waals surface area contributed by atoms with Gasteiger partial charge >= 0.3 is 0 Å². The van der Waals surface area contributed by atoms with E-state index in [0.29, 0.717) is 23.1 Å². The van der Waals surface area contributed by atoms with Crippen LogP contribution in [0.2, 0.25) is 0 Å². The first kappa shape index (κ1) is 27.4. The van der Waals surface area contributed by atoms with Crippen LogP contribution in [0.4, 0.5) is 17.3 Å². The lowest BCUT2D eigenvalue weighted by Gasteiger charge is -2.26. The van der Waals surface area contributed by atoms with Gasteiger partial charge in [0, 0.05) is 50.7 Å². The summed E-state index contributed by atoms with van der Waals surface area (Å²) >= 11 is 1.38. The van der Waals surface area contributed by atoms with Gasteiger partial charge in [0.2, 0.25) is 11.9 Å². The molecule has 1 saturated heterocycles. The molecule has 2 aromatic heterocycles. The van der Waals surface area contributed by atoms with Gasteiger partial charge in [0.15, 0.2) is 0 Å². The van der Waals surface area contributed by atoms with E-state index in [9.17, 15) is 9.59 Å². The van der Waals surface area contributed by atoms with E-state index < -0.39 is 0 Å². The summed E-state index contributed by atoms with van der Waals surface area (Å²) in [4.78, 5) is 37.1. The molecule has 1 aliphatic heterocycles. The number of carbonyl (C=O) groups excluding carboxylic acids is 2. The number of nitrogens with one attached hydrogen (secondary N) is 3. The van der Waals surface area contributed by atoms with Gasteiger partial charge in [-0.05, 0) is 60.0 Å². The van der Waals surface area contributed by atoms with Crippen LogP contribution in [0.1, 0.15) is 27.7 Å². The van der Waals surface area contributed by atoms with Crippen molar-refractivity contribution < 1.29 is 14.3 Å². The van der Waals surface area contributed by atoms with Crippen molar-refractivity contribution in [2.45, 2.75) is 19.9 Å². The predicted molar refractivity (Wildman–Crippen MR) is 158 cm³/mol. The van der Waals surface area contributed by atoms with Crippen molar-refractivity contribution in [3.8, 4) is 10.6 Å². The Morgan fingerprint density at radius 3 is 2.58 bits per heavy atom. The molecule has 0 unspecified atom stereocenters. The molecule has 0 atom stereocenters. The third-order valence-corrected chi connectivity index (χ3v) is 7.55. The average Bonchev–Trinajstić information content (AvgIpc) is 3.46. The highest BCUT2D eigenvalue weighted by atomic mass is 32.1. The smallest absolute Gasteiger partial charge is 0.261 e. The Kier molecular flexibility index (Phi) is 9.12. The third-order valence-electron chi connectivity index (χ3n) is 6.44. The van der Waals surface area contributed by atoms with E-state index in [4.69, 9.17) is 4.74 Å². The lowest BCUT2D eigenvalue weighted by Crippen LogP contribution is -2.37. The summed E-state index contributed by atoms with van der Waals surface area (Å²) in [5.74, 6) is 0.201. The molecule has 1 fully saturated rings. The average molecular weight is 557 g/mol. The lowest BCUT2D eigenvalue weighted by molar-refractivity contribution is -0.114. The first-order valence-electron chi connectivity index (χ1n) is 13.3. The fourth-order valence-corrected chi connectivity index (χ4v) is 5.32. The first-order chi connectivity index (χ1) is 19.5. The van der Waals surface area contributed by atoms with Crippen molar-refractivity contribution >= 4 is 40.5 Å². The van der Waals surface area contributed by atoms with Crippen LogP contribution in [0, 0.1) is 0 Å². The van der Waals surface area contributed by atoms with Crippen LogP contribution in [-0.4, -0.2) is 59.5 Å². The van der Waals surface area contributed by atoms with Gasteiger partial charge in [-0.2, -0.15) is 0 Å². The van der Waals surface area contributed by atoms with Crippen molar-refractivity contribution in [3.63, 3.8) is 0 Å². The lowest BCUT2D eigenvalue weighted by atomic mass is 10.1. The van der Waals surface area contributed by atoms with E-state index in [0.717, 1.165) is 61.1 Å². The second kappa shape index (κ2) is 13.3. The van der Waals surface area contributed by atoms with Gasteiger partial charge < -0.3 is 20.7 Å². The molecule has 206 valence electrons. The van der Waals surface area contributed by atoms with E-state index in [1.807, 2.05) is 48.5 Å². The number of aromatic nitrogens is 2. The largest absolute Gasteiger partial charge is 0.379 e. The Hall–Kier alpha value is -4.12. The second-order valence-corrected chi connectivity index (χ2v) is 10.6. The van der Waals surface area contributed by atoms with Crippen molar-refractivity contribution in [1.29, 1.82) is 0 Å². The molecule has 2 aromatic carbocycles. The number of hydrogen-bond donors (Lipinski definition) is 3. The molecule has 0 saturated carbocycles. The van der Waals surface area contributed by atoms with E-state index in [1.54, 1.807) is 12.3 Å². The molecule has 5 rings (SSSR count). The molecule has 0 aliphatic carbocycles. The standard InChI is InChI=1S/C30H32N6O3S/c1-21(37)33-24-6-3-5-23(19-24)20-32-29(38)28-9-8-27(40-28)26-10-12-31-30(35-26)34-25-7-2-4-22(18-25)11-13-36-14-16-39-17-15-36/h2-10,12,18-19H,11,13-17,20H2,1H3,(H,32,38)(H,33,37)(H,31,34,35). The van der Waals surface area contributed by atoms with Gasteiger partial charge in [0.25, 0.3) is 5.91 Å². The van der Waals surface area contributed by atoms with Crippen LogP contribution >= 0.6 is 11.3 Å². The number of morpholine rings is 1. The zero-order valence-electron chi connectivity index (χ0n) is 22.4. The normalized spacial score (nSPS) is 13.5. The molecule has 10 heteroatoms. The summed E-state index contributed by atoms with van der Waals surface area (Å²) in [6.45, 7) is 6.41. The monoisotopic (exact) mass is 556 g/mol. The fourth-order valence-electron chi connectivity index (χ4n) is 4.43. The molecule has 0 spiro atoms. The van der Waals surface area contributed by atoms with Crippen LogP contribution in [0.15, 0.2) is 72.9 Å². The van der Waals surface area contributed by atoms with Crippen molar-refractivity contribution in [3.05, 3.63) is 88.9 Å². The molecule has 1 aliphatic rings. The molecule has 2 amide bonds. The number of carbonyl (C=O) groups is 2. The number of anilines is 3. The van der Waals surface area contributed by atoms with Crippen molar-refractivity contribution in [2.24, 2.45) is 0 Å². The number of thiophene rings is 1. The highest BCUT2D eigenvalue weighted by Crippen LogP contribution is 2.28. The van der Waals surface area contributed by atoms with E-state index in [-0.39, 0.29) is 11.8 Å². The summed E-state index contributed by atoms with van der Waals surface area (Å²) in [7, 11) is 0. The first-order valence-corrected chi connectivity index (χ1v) is 14.1. The van der Waals surface area contributed by atoms with E-state index in [1.165, 1.54) is 23.8 Å². The maximum atomic E-state index is 12.8. The molecule has 3 N–H and O–H groups in total. The zero-order valence-corrected chi connectivity index (χ0v) is 23.2. The summed E-state index contributed by atoms with van der Waals surface area (Å²) in [6, 6.07) is 21.3. The minimum atomic E-state index is -0.164. The Morgan fingerprint density at radius 2 is 1.75 bits per heavy atom. The maximum absolute atomic E-state index is 12.8. The number of ether oxygens (including phenoxy) is 1. The molecular weight excluding hydrogens is 524 g/mol. The molecule has 9 nitrogen and oxygen atoms in total. The number of nitrogens with zero attached hydrogens (tertiary/aromatic N) is 3. The predicted octanol–water partition coefficient (Wildman–Crippen LogP) is 4.71. The fraction of sp³-hybridized carbons (Fsp3) is 0.267. The molecule has 0 bridgehead atoms. The van der Waals surface area contributed by atoms with E-state index in [2.05, 4.69) is 43.0 Å². The molecule has 3 heterocycles. The van der Waals surface area contributed by atoms with E-state index >= 15 is 0 Å². The SMILES string of the molecule is CC(=O)Nc1cccc(CNC(=O)c2ccc(-c3ccnc(Nc4cccc(CCN5CCOCC5)c4)n3)s2)c1. The second-order valence-electron chi connectivity index (χ2n) is 9.52. The minimum Gasteiger partial charge on any atom is -0.379 e. The number of rotatable bonds is 10. The third kappa shape index (κ3) is 7.72. The molecule has 0 radical (unpaired) electrons. The van der Waals surface area contributed by atoms with Crippen LogP contribution in [0.25, 0.3) is 10.6 Å². The summed E-state index contributed by atoms with van der Waals surface area (Å²) in [5.41, 5.74) is 4.53. The van der Waals surface area contributed by atoms with Crippen molar-refractivity contribution in [1.82, 2.24) is 20.2 Å². The van der Waals surface area contributed by atoms with Crippen LogP contribution in [0.5, 0.6) is 0 Å². The number of benzene rings is 2. The summed E-state index contributed by atoms with van der Waals surface area (Å²) in [5, 5.41) is 9.02. The topological polar surface area (TPSA) is 108 Å². The van der Waals surface area contributed by atoms with Crippen LogP contribution < -0.4 is 16.0 Å². The molecular formula is C30H32N6O3S. The van der Waals surface area contributed by atoms with Crippen molar-refractivity contribution in [2.75, 3.05) is 43.5 Å². The molecule has 40 heavy (non-hydrogen) atoms. The number of amides is 2. The van der Waals surface area contributed by atoms with Gasteiger partial charge in [0.05, 0.1) is 28.7 Å². The summed E-state index contributed by atoms with van der Waals surface area (Å²) < 4.78 is 5.44. The number of hydrogen-bond acceptors (Lipinski definition) is 8. The Balaban J connectivity index is 1.18. The van der Waals surface area contributed by atoms with Crippen LogP contribution in [0.3, 0.4) is 0 Å². The quantitative estimate of drug-likeness (QED) is 0.260. The Bertz CT molecular complexity index is 1470. The van der Waals surface area contributed by atoms with Gasteiger partial charge in [-0.25, -0.2) is 9.97 Å². The minimum absolute atomic E-state index is 0.136. The Labute approximate surface area is 237 Å². The molecule has 4 aromatic rings.